The zero-order valence-corrected chi connectivity index (χ0v) is 18.2. The zero-order chi connectivity index (χ0) is 20.5. The molecule has 162 valence electrons. The van der Waals surface area contributed by atoms with E-state index in [1.807, 2.05) is 17.9 Å². The molecule has 0 aliphatic carbocycles. The molecule has 1 aromatic carbocycles. The van der Waals surface area contributed by atoms with Crippen molar-refractivity contribution in [2.75, 3.05) is 59.0 Å². The van der Waals surface area contributed by atoms with Crippen LogP contribution in [-0.2, 0) is 11.3 Å². The maximum Gasteiger partial charge on any atom is 0.236 e. The van der Waals surface area contributed by atoms with E-state index in [1.165, 1.54) is 12.0 Å². The number of carbonyl (C=O) groups is 1. The molecule has 0 atom stereocenters. The Balaban J connectivity index is 1.47. The van der Waals surface area contributed by atoms with Crippen molar-refractivity contribution in [3.63, 3.8) is 0 Å². The summed E-state index contributed by atoms with van der Waals surface area (Å²) in [7, 11) is 0. The number of nitrogens with zero attached hydrogens (tertiary/aromatic N) is 3. The highest BCUT2D eigenvalue weighted by Crippen LogP contribution is 2.29. The summed E-state index contributed by atoms with van der Waals surface area (Å²) >= 11 is 0. The van der Waals surface area contributed by atoms with Crippen molar-refractivity contribution in [1.82, 2.24) is 14.7 Å². The molecule has 0 N–H and O–H groups in total. The van der Waals surface area contributed by atoms with Gasteiger partial charge >= 0.3 is 0 Å². The predicted octanol–water partition coefficient (Wildman–Crippen LogP) is 3.00. The van der Waals surface area contributed by atoms with Gasteiger partial charge in [-0.15, -0.1) is 0 Å². The Morgan fingerprint density at radius 2 is 1.62 bits per heavy atom. The molecule has 6 heteroatoms. The lowest BCUT2D eigenvalue weighted by atomic mass is 10.1. The molecule has 2 aliphatic heterocycles. The SMILES string of the molecule is CCCOc1ccc(CN2CCN(CC(=O)N3CCCCC3)CC2)cc1OCC. The number of benzene rings is 1. The summed E-state index contributed by atoms with van der Waals surface area (Å²) in [5.41, 5.74) is 1.25. The van der Waals surface area contributed by atoms with Crippen molar-refractivity contribution < 1.29 is 14.3 Å². The van der Waals surface area contributed by atoms with Crippen LogP contribution in [0.1, 0.15) is 45.1 Å². The molecule has 0 bridgehead atoms. The number of amides is 1. The number of ether oxygens (including phenoxy) is 2. The Labute approximate surface area is 175 Å². The van der Waals surface area contributed by atoms with E-state index in [1.54, 1.807) is 0 Å². The van der Waals surface area contributed by atoms with Gasteiger partial charge in [0.25, 0.3) is 0 Å². The average Bonchev–Trinajstić information content (AvgIpc) is 2.75. The highest BCUT2D eigenvalue weighted by molar-refractivity contribution is 5.78. The molecule has 3 rings (SSSR count). The van der Waals surface area contributed by atoms with Crippen LogP contribution in [-0.4, -0.2) is 79.6 Å². The molecule has 0 radical (unpaired) electrons. The van der Waals surface area contributed by atoms with Crippen molar-refractivity contribution in [3.05, 3.63) is 23.8 Å². The van der Waals surface area contributed by atoms with E-state index in [9.17, 15) is 4.79 Å². The van der Waals surface area contributed by atoms with E-state index < -0.39 is 0 Å². The molecule has 0 unspecified atom stereocenters. The van der Waals surface area contributed by atoms with Crippen LogP contribution < -0.4 is 9.47 Å². The van der Waals surface area contributed by atoms with Crippen LogP contribution in [0, 0.1) is 0 Å². The van der Waals surface area contributed by atoms with E-state index in [4.69, 9.17) is 9.47 Å². The highest BCUT2D eigenvalue weighted by Gasteiger charge is 2.23. The Bertz CT molecular complexity index is 638. The molecule has 2 saturated heterocycles. The van der Waals surface area contributed by atoms with Crippen molar-refractivity contribution in [3.8, 4) is 11.5 Å². The van der Waals surface area contributed by atoms with Crippen LogP contribution in [0.25, 0.3) is 0 Å². The summed E-state index contributed by atoms with van der Waals surface area (Å²) in [6, 6.07) is 6.28. The third-order valence-corrected chi connectivity index (χ3v) is 5.71. The van der Waals surface area contributed by atoms with Gasteiger partial charge in [0.15, 0.2) is 11.5 Å². The number of piperidine rings is 1. The van der Waals surface area contributed by atoms with E-state index in [-0.39, 0.29) is 0 Å². The van der Waals surface area contributed by atoms with Crippen LogP contribution in [0.15, 0.2) is 18.2 Å². The van der Waals surface area contributed by atoms with Crippen LogP contribution in [0.3, 0.4) is 0 Å². The Kier molecular flexibility index (Phi) is 8.62. The number of carbonyl (C=O) groups excluding carboxylic acids is 1. The van der Waals surface area contributed by atoms with Crippen molar-refractivity contribution in [2.45, 2.75) is 46.1 Å². The van der Waals surface area contributed by atoms with Gasteiger partial charge in [0, 0.05) is 45.8 Å². The first kappa shape index (κ1) is 21.9. The Morgan fingerprint density at radius 3 is 2.31 bits per heavy atom. The molecule has 2 heterocycles. The summed E-state index contributed by atoms with van der Waals surface area (Å²) in [6.45, 7) is 12.7. The van der Waals surface area contributed by atoms with E-state index >= 15 is 0 Å². The Hall–Kier alpha value is -1.79. The molecule has 0 spiro atoms. The van der Waals surface area contributed by atoms with Crippen molar-refractivity contribution >= 4 is 5.91 Å². The lowest BCUT2D eigenvalue weighted by Crippen LogP contribution is -2.50. The van der Waals surface area contributed by atoms with Gasteiger partial charge in [0.05, 0.1) is 19.8 Å². The normalized spacial score (nSPS) is 18.6. The third-order valence-electron chi connectivity index (χ3n) is 5.71. The molecule has 29 heavy (non-hydrogen) atoms. The van der Waals surface area contributed by atoms with Gasteiger partial charge in [0.2, 0.25) is 5.91 Å². The van der Waals surface area contributed by atoms with Gasteiger partial charge in [-0.3, -0.25) is 14.6 Å². The minimum absolute atomic E-state index is 0.308. The fourth-order valence-corrected chi connectivity index (χ4v) is 4.05. The number of likely N-dealkylation sites (tertiary alicyclic amines) is 1. The fourth-order valence-electron chi connectivity index (χ4n) is 4.05. The number of rotatable bonds is 9. The number of hydrogen-bond acceptors (Lipinski definition) is 5. The van der Waals surface area contributed by atoms with Gasteiger partial charge in [0.1, 0.15) is 0 Å². The molecular weight excluding hydrogens is 366 g/mol. The van der Waals surface area contributed by atoms with Gasteiger partial charge in [-0.05, 0) is 50.3 Å². The lowest BCUT2D eigenvalue weighted by Gasteiger charge is -2.36. The molecular formula is C23H37N3O3. The van der Waals surface area contributed by atoms with E-state index in [2.05, 4.69) is 28.9 Å². The maximum atomic E-state index is 12.5. The molecule has 6 nitrogen and oxygen atoms in total. The van der Waals surface area contributed by atoms with Gasteiger partial charge in [-0.25, -0.2) is 0 Å². The highest BCUT2D eigenvalue weighted by atomic mass is 16.5. The van der Waals surface area contributed by atoms with Crippen LogP contribution in [0.2, 0.25) is 0 Å². The predicted molar refractivity (Wildman–Crippen MR) is 116 cm³/mol. The Morgan fingerprint density at radius 1 is 0.897 bits per heavy atom. The minimum atomic E-state index is 0.308. The van der Waals surface area contributed by atoms with Gasteiger partial charge < -0.3 is 14.4 Å². The summed E-state index contributed by atoms with van der Waals surface area (Å²) in [5.74, 6) is 1.98. The number of piperazine rings is 1. The average molecular weight is 404 g/mol. The fraction of sp³-hybridized carbons (Fsp3) is 0.696. The first-order valence-electron chi connectivity index (χ1n) is 11.3. The quantitative estimate of drug-likeness (QED) is 0.634. The molecule has 2 fully saturated rings. The van der Waals surface area contributed by atoms with E-state index in [0.29, 0.717) is 25.7 Å². The van der Waals surface area contributed by atoms with Crippen LogP contribution >= 0.6 is 0 Å². The second kappa shape index (κ2) is 11.4. The largest absolute Gasteiger partial charge is 0.490 e. The van der Waals surface area contributed by atoms with Crippen molar-refractivity contribution in [2.24, 2.45) is 0 Å². The van der Waals surface area contributed by atoms with Gasteiger partial charge in [-0.2, -0.15) is 0 Å². The standard InChI is InChI=1S/C23H37N3O3/c1-3-16-29-21-9-8-20(17-22(21)28-4-2)18-24-12-14-25(15-13-24)19-23(27)26-10-6-5-7-11-26/h8-9,17H,3-7,10-16,18-19H2,1-2H3. The second-order valence-electron chi connectivity index (χ2n) is 8.06. The first-order chi connectivity index (χ1) is 14.2. The maximum absolute atomic E-state index is 12.5. The van der Waals surface area contributed by atoms with Crippen LogP contribution in [0.4, 0.5) is 0 Å². The third kappa shape index (κ3) is 6.61. The zero-order valence-electron chi connectivity index (χ0n) is 18.2. The van der Waals surface area contributed by atoms with Crippen LogP contribution in [0.5, 0.6) is 11.5 Å². The summed E-state index contributed by atoms with van der Waals surface area (Å²) in [5, 5.41) is 0. The molecule has 2 aliphatic rings. The molecule has 1 aromatic rings. The summed E-state index contributed by atoms with van der Waals surface area (Å²) in [4.78, 5) is 19.3. The summed E-state index contributed by atoms with van der Waals surface area (Å²) in [6.07, 6.45) is 4.56. The lowest BCUT2D eigenvalue weighted by molar-refractivity contribution is -0.133. The van der Waals surface area contributed by atoms with Crippen molar-refractivity contribution in [1.29, 1.82) is 0 Å². The topological polar surface area (TPSA) is 45.2 Å². The monoisotopic (exact) mass is 403 g/mol. The van der Waals surface area contributed by atoms with E-state index in [0.717, 1.165) is 76.6 Å². The molecule has 0 saturated carbocycles. The van der Waals surface area contributed by atoms with Gasteiger partial charge in [-0.1, -0.05) is 13.0 Å². The number of hydrogen-bond donors (Lipinski definition) is 0. The first-order valence-corrected chi connectivity index (χ1v) is 11.3. The second-order valence-corrected chi connectivity index (χ2v) is 8.06. The molecule has 1 amide bonds. The smallest absolute Gasteiger partial charge is 0.236 e. The minimum Gasteiger partial charge on any atom is -0.490 e. The molecule has 0 aromatic heterocycles. The summed E-state index contributed by atoms with van der Waals surface area (Å²) < 4.78 is 11.6.